The van der Waals surface area contributed by atoms with E-state index in [-0.39, 0.29) is 12.5 Å². The highest BCUT2D eigenvalue weighted by molar-refractivity contribution is 6.99. The maximum atomic E-state index is 12.1. The number of rotatable bonds is 6. The highest BCUT2D eigenvalue weighted by Crippen LogP contribution is 2.26. The van der Waals surface area contributed by atoms with E-state index in [4.69, 9.17) is 14.2 Å². The van der Waals surface area contributed by atoms with E-state index in [1.54, 1.807) is 19.2 Å². The van der Waals surface area contributed by atoms with E-state index in [1.165, 1.54) is 0 Å². The molecule has 1 aliphatic heterocycles. The van der Waals surface area contributed by atoms with Gasteiger partial charge in [0, 0.05) is 13.1 Å². The van der Waals surface area contributed by atoms with Crippen LogP contribution in [0.1, 0.15) is 0 Å². The van der Waals surface area contributed by atoms with Gasteiger partial charge in [0.15, 0.2) is 6.61 Å². The van der Waals surface area contributed by atoms with Crippen LogP contribution >= 0.6 is 11.7 Å². The number of ether oxygens (including phenoxy) is 3. The number of nitrogens with one attached hydrogen (secondary N) is 1. The van der Waals surface area contributed by atoms with Crippen LogP contribution in [0.4, 0.5) is 11.5 Å². The number of hydrogen-bond acceptors (Lipinski definition) is 8. The van der Waals surface area contributed by atoms with Crippen LogP contribution in [0, 0.1) is 0 Å². The summed E-state index contributed by atoms with van der Waals surface area (Å²) in [6.45, 7) is 2.60. The van der Waals surface area contributed by atoms with Gasteiger partial charge in [-0.05, 0) is 12.1 Å². The largest absolute Gasteiger partial charge is 0.495 e. The smallest absolute Gasteiger partial charge is 0.271 e. The van der Waals surface area contributed by atoms with Gasteiger partial charge >= 0.3 is 0 Å². The number of benzene rings is 1. The lowest BCUT2D eigenvalue weighted by molar-refractivity contribution is -0.118. The van der Waals surface area contributed by atoms with E-state index in [0.717, 1.165) is 24.8 Å². The summed E-state index contributed by atoms with van der Waals surface area (Å²) in [5, 5.41) is 2.76. The molecule has 1 aromatic carbocycles. The summed E-state index contributed by atoms with van der Waals surface area (Å²) >= 11 is 1.06. The summed E-state index contributed by atoms with van der Waals surface area (Å²) in [5.74, 6) is 1.33. The summed E-state index contributed by atoms with van der Waals surface area (Å²) in [7, 11) is 1.55. The molecule has 1 aromatic heterocycles. The zero-order chi connectivity index (χ0) is 16.8. The molecule has 0 radical (unpaired) electrons. The van der Waals surface area contributed by atoms with Gasteiger partial charge in [-0.15, -0.1) is 4.37 Å². The van der Waals surface area contributed by atoms with Crippen molar-refractivity contribution >= 4 is 29.1 Å². The van der Waals surface area contributed by atoms with Crippen LogP contribution in [0.2, 0.25) is 0 Å². The molecule has 2 heterocycles. The van der Waals surface area contributed by atoms with Gasteiger partial charge in [-0.3, -0.25) is 4.79 Å². The summed E-state index contributed by atoms with van der Waals surface area (Å²) in [6.07, 6.45) is 0. The maximum absolute atomic E-state index is 12.1. The lowest BCUT2D eigenvalue weighted by Gasteiger charge is -2.26. The van der Waals surface area contributed by atoms with Crippen LogP contribution in [0.5, 0.6) is 11.6 Å². The Morgan fingerprint density at radius 3 is 2.92 bits per heavy atom. The van der Waals surface area contributed by atoms with E-state index in [2.05, 4.69) is 14.1 Å². The number of morpholine rings is 1. The van der Waals surface area contributed by atoms with E-state index in [1.807, 2.05) is 17.0 Å². The summed E-state index contributed by atoms with van der Waals surface area (Å²) in [6, 6.07) is 7.19. The van der Waals surface area contributed by atoms with Gasteiger partial charge in [0.1, 0.15) is 5.75 Å². The zero-order valence-corrected chi connectivity index (χ0v) is 14.0. The van der Waals surface area contributed by atoms with E-state index >= 15 is 0 Å². The van der Waals surface area contributed by atoms with Gasteiger partial charge in [0.05, 0.1) is 37.7 Å². The lowest BCUT2D eigenvalue weighted by atomic mass is 10.3. The average molecular weight is 350 g/mol. The van der Waals surface area contributed by atoms with E-state index < -0.39 is 0 Å². The summed E-state index contributed by atoms with van der Waals surface area (Å²) < 4.78 is 24.4. The van der Waals surface area contributed by atoms with Gasteiger partial charge in [0.2, 0.25) is 5.82 Å². The number of anilines is 2. The zero-order valence-electron chi connectivity index (χ0n) is 13.2. The molecule has 3 rings (SSSR count). The Morgan fingerprint density at radius 1 is 1.33 bits per heavy atom. The first-order chi connectivity index (χ1) is 11.8. The Bertz CT molecular complexity index is 688. The van der Waals surface area contributed by atoms with Crippen LogP contribution in [0.3, 0.4) is 0 Å². The number of hydrogen-bond donors (Lipinski definition) is 1. The summed E-state index contributed by atoms with van der Waals surface area (Å²) in [5.41, 5.74) is 0.596. The van der Waals surface area contributed by atoms with Crippen molar-refractivity contribution in [3.05, 3.63) is 24.3 Å². The van der Waals surface area contributed by atoms with Gasteiger partial charge < -0.3 is 24.4 Å². The Labute approximate surface area is 143 Å². The van der Waals surface area contributed by atoms with Crippen molar-refractivity contribution in [2.24, 2.45) is 0 Å². The van der Waals surface area contributed by atoms with Gasteiger partial charge in [-0.2, -0.15) is 4.37 Å². The average Bonchev–Trinajstić information content (AvgIpc) is 3.10. The first kappa shape index (κ1) is 16.5. The number of amides is 1. The Balaban J connectivity index is 1.58. The Hall–Kier alpha value is -2.39. The topological polar surface area (TPSA) is 85.8 Å². The van der Waals surface area contributed by atoms with Crippen molar-refractivity contribution in [2.75, 3.05) is 50.2 Å². The third-order valence-electron chi connectivity index (χ3n) is 3.47. The standard InChI is InChI=1S/C15H18N4O4S/c1-21-12-5-3-2-4-11(12)16-13(20)10-23-15-14(17-24-18-15)19-6-8-22-9-7-19/h2-5H,6-10H2,1H3,(H,16,20). The quantitative estimate of drug-likeness (QED) is 0.843. The highest BCUT2D eigenvalue weighted by atomic mass is 32.1. The number of methoxy groups -OCH3 is 1. The van der Waals surface area contributed by atoms with Crippen molar-refractivity contribution < 1.29 is 19.0 Å². The van der Waals surface area contributed by atoms with Gasteiger partial charge in [0.25, 0.3) is 11.8 Å². The van der Waals surface area contributed by atoms with Crippen LogP contribution in [-0.2, 0) is 9.53 Å². The monoisotopic (exact) mass is 350 g/mol. The SMILES string of the molecule is COc1ccccc1NC(=O)COc1nsnc1N1CCOCC1. The van der Waals surface area contributed by atoms with Crippen molar-refractivity contribution in [3.8, 4) is 11.6 Å². The predicted octanol–water partition coefficient (Wildman–Crippen LogP) is 1.40. The molecular weight excluding hydrogens is 332 g/mol. The molecule has 2 aromatic rings. The molecule has 1 N–H and O–H groups in total. The molecule has 24 heavy (non-hydrogen) atoms. The van der Waals surface area contributed by atoms with Crippen molar-refractivity contribution in [3.63, 3.8) is 0 Å². The second kappa shape index (κ2) is 7.93. The molecule has 1 aliphatic rings. The van der Waals surface area contributed by atoms with Crippen molar-refractivity contribution in [1.29, 1.82) is 0 Å². The number of para-hydroxylation sites is 2. The normalized spacial score (nSPS) is 14.3. The minimum absolute atomic E-state index is 0.152. The number of aromatic nitrogens is 2. The minimum Gasteiger partial charge on any atom is -0.495 e. The van der Waals surface area contributed by atoms with Crippen LogP contribution in [0.15, 0.2) is 24.3 Å². The van der Waals surface area contributed by atoms with Crippen molar-refractivity contribution in [1.82, 2.24) is 8.75 Å². The fourth-order valence-corrected chi connectivity index (χ4v) is 2.82. The molecule has 0 aliphatic carbocycles. The molecule has 1 amide bonds. The summed E-state index contributed by atoms with van der Waals surface area (Å²) in [4.78, 5) is 14.1. The molecule has 128 valence electrons. The van der Waals surface area contributed by atoms with Crippen LogP contribution in [0.25, 0.3) is 0 Å². The fourth-order valence-electron chi connectivity index (χ4n) is 2.30. The minimum atomic E-state index is -0.291. The van der Waals surface area contributed by atoms with Gasteiger partial charge in [-0.1, -0.05) is 12.1 Å². The lowest BCUT2D eigenvalue weighted by Crippen LogP contribution is -2.36. The fraction of sp³-hybridized carbons (Fsp3) is 0.400. The highest BCUT2D eigenvalue weighted by Gasteiger charge is 2.20. The number of carbonyl (C=O) groups is 1. The first-order valence-corrected chi connectivity index (χ1v) is 8.22. The molecule has 0 spiro atoms. The maximum Gasteiger partial charge on any atom is 0.271 e. The molecule has 0 saturated carbocycles. The molecule has 0 unspecified atom stereocenters. The van der Waals surface area contributed by atoms with Crippen LogP contribution < -0.4 is 19.7 Å². The molecule has 9 heteroatoms. The molecular formula is C15H18N4O4S. The number of nitrogens with zero attached hydrogens (tertiary/aromatic N) is 3. The first-order valence-electron chi connectivity index (χ1n) is 7.49. The molecule has 1 fully saturated rings. The molecule has 8 nitrogen and oxygen atoms in total. The number of carbonyl (C=O) groups excluding carboxylic acids is 1. The van der Waals surface area contributed by atoms with E-state index in [9.17, 15) is 4.79 Å². The molecule has 0 atom stereocenters. The third kappa shape index (κ3) is 3.92. The van der Waals surface area contributed by atoms with Gasteiger partial charge in [-0.25, -0.2) is 0 Å². The molecule has 1 saturated heterocycles. The van der Waals surface area contributed by atoms with E-state index in [0.29, 0.717) is 36.3 Å². The third-order valence-corrected chi connectivity index (χ3v) is 3.98. The van der Waals surface area contributed by atoms with Crippen LogP contribution in [-0.4, -0.2) is 54.7 Å². The predicted molar refractivity (Wildman–Crippen MR) is 90.1 cm³/mol. The van der Waals surface area contributed by atoms with Crippen molar-refractivity contribution in [2.45, 2.75) is 0 Å². The Kier molecular flexibility index (Phi) is 5.44. The second-order valence-corrected chi connectivity index (χ2v) is 5.56. The molecule has 0 bridgehead atoms. The second-order valence-electron chi connectivity index (χ2n) is 5.03. The Morgan fingerprint density at radius 2 is 2.12 bits per heavy atom.